The molecule has 0 aromatic heterocycles. The Kier molecular flexibility index (Phi) is 6.98. The summed E-state index contributed by atoms with van der Waals surface area (Å²) in [6, 6.07) is 0. The van der Waals surface area contributed by atoms with Crippen molar-refractivity contribution in [1.29, 1.82) is 0 Å². The van der Waals surface area contributed by atoms with Gasteiger partial charge < -0.3 is 14.6 Å². The van der Waals surface area contributed by atoms with Gasteiger partial charge in [0.15, 0.2) is 0 Å². The zero-order valence-corrected chi connectivity index (χ0v) is 11.3. The van der Waals surface area contributed by atoms with Crippen LogP contribution in [0.2, 0.25) is 0 Å². The number of carboxylic acids is 1. The summed E-state index contributed by atoms with van der Waals surface area (Å²) in [4.78, 5) is 10.3. The number of carboxylic acid groups (broad SMARTS) is 1. The van der Waals surface area contributed by atoms with Crippen molar-refractivity contribution in [2.24, 2.45) is 5.92 Å². The molecule has 3 atom stereocenters. The van der Waals surface area contributed by atoms with E-state index in [4.69, 9.17) is 14.6 Å². The van der Waals surface area contributed by atoms with E-state index in [0.717, 1.165) is 25.7 Å². The molecular weight excluding hydrogens is 232 g/mol. The first kappa shape index (κ1) is 15.2. The highest BCUT2D eigenvalue weighted by Gasteiger charge is 2.33. The van der Waals surface area contributed by atoms with Gasteiger partial charge in [-0.2, -0.15) is 0 Å². The lowest BCUT2D eigenvalue weighted by molar-refractivity contribution is -0.137. The van der Waals surface area contributed by atoms with Gasteiger partial charge in [0, 0.05) is 27.1 Å². The molecule has 4 nitrogen and oxygen atoms in total. The van der Waals surface area contributed by atoms with Crippen LogP contribution < -0.4 is 0 Å². The maximum absolute atomic E-state index is 10.3. The fourth-order valence-electron chi connectivity index (χ4n) is 2.53. The Balaban J connectivity index is 2.21. The van der Waals surface area contributed by atoms with Gasteiger partial charge in [-0.05, 0) is 31.6 Å². The molecule has 1 aliphatic rings. The normalized spacial score (nSPS) is 28.0. The maximum atomic E-state index is 10.3. The second kappa shape index (κ2) is 8.27. The molecule has 4 heteroatoms. The summed E-state index contributed by atoms with van der Waals surface area (Å²) >= 11 is 0. The third kappa shape index (κ3) is 5.19. The largest absolute Gasteiger partial charge is 0.481 e. The summed E-state index contributed by atoms with van der Waals surface area (Å²) in [5.74, 6) is -0.197. The molecule has 0 heterocycles. The van der Waals surface area contributed by atoms with Gasteiger partial charge in [-0.15, -0.1) is 0 Å². The molecule has 0 aromatic carbocycles. The Hall–Kier alpha value is -0.870. The lowest BCUT2D eigenvalue weighted by Crippen LogP contribution is -2.15. The van der Waals surface area contributed by atoms with E-state index in [1.807, 2.05) is 0 Å². The van der Waals surface area contributed by atoms with Crippen LogP contribution >= 0.6 is 0 Å². The molecular formula is C14H24O4. The van der Waals surface area contributed by atoms with Crippen molar-refractivity contribution in [2.75, 3.05) is 14.2 Å². The minimum atomic E-state index is -0.721. The van der Waals surface area contributed by atoms with Gasteiger partial charge in [0.2, 0.25) is 0 Å². The van der Waals surface area contributed by atoms with Gasteiger partial charge in [-0.3, -0.25) is 4.79 Å². The van der Waals surface area contributed by atoms with Gasteiger partial charge in [-0.25, -0.2) is 0 Å². The zero-order valence-electron chi connectivity index (χ0n) is 11.3. The zero-order chi connectivity index (χ0) is 13.4. The topological polar surface area (TPSA) is 55.8 Å². The number of carbonyl (C=O) groups is 1. The monoisotopic (exact) mass is 256 g/mol. The molecule has 104 valence electrons. The molecule has 0 saturated heterocycles. The first-order valence-corrected chi connectivity index (χ1v) is 6.59. The van der Waals surface area contributed by atoms with Crippen LogP contribution in [0.4, 0.5) is 0 Å². The predicted octanol–water partition coefficient (Wildman–Crippen LogP) is 2.63. The number of hydrogen-bond acceptors (Lipinski definition) is 3. The lowest BCUT2D eigenvalue weighted by atomic mass is 10.0. The first-order valence-electron chi connectivity index (χ1n) is 6.59. The van der Waals surface area contributed by atoms with Crippen LogP contribution in [0.3, 0.4) is 0 Å². The SMILES string of the molecule is CO[C@H]1C[C@@H](C/C=C\CCCC(=O)O)[C@@H](OC)C1. The highest BCUT2D eigenvalue weighted by atomic mass is 16.5. The van der Waals surface area contributed by atoms with Gasteiger partial charge in [-0.1, -0.05) is 12.2 Å². The number of allylic oxidation sites excluding steroid dienone is 2. The van der Waals surface area contributed by atoms with Crippen molar-refractivity contribution in [1.82, 2.24) is 0 Å². The summed E-state index contributed by atoms with van der Waals surface area (Å²) in [5.41, 5.74) is 0. The van der Waals surface area contributed by atoms with E-state index in [-0.39, 0.29) is 6.42 Å². The Morgan fingerprint density at radius 3 is 2.67 bits per heavy atom. The minimum Gasteiger partial charge on any atom is -0.481 e. The molecule has 0 aromatic rings. The number of unbranched alkanes of at least 4 members (excludes halogenated alkanes) is 1. The van der Waals surface area contributed by atoms with E-state index in [2.05, 4.69) is 12.2 Å². The van der Waals surface area contributed by atoms with Crippen molar-refractivity contribution in [2.45, 2.75) is 50.7 Å². The van der Waals surface area contributed by atoms with Gasteiger partial charge in [0.25, 0.3) is 0 Å². The van der Waals surface area contributed by atoms with Gasteiger partial charge in [0.1, 0.15) is 0 Å². The number of methoxy groups -OCH3 is 2. The average molecular weight is 256 g/mol. The Morgan fingerprint density at radius 1 is 1.28 bits per heavy atom. The Labute approximate surface area is 109 Å². The Bertz CT molecular complexity index is 275. The molecule has 1 N–H and O–H groups in total. The van der Waals surface area contributed by atoms with E-state index < -0.39 is 5.97 Å². The smallest absolute Gasteiger partial charge is 0.303 e. The first-order chi connectivity index (χ1) is 8.67. The van der Waals surface area contributed by atoms with Crippen molar-refractivity contribution in [3.05, 3.63) is 12.2 Å². The Morgan fingerprint density at radius 2 is 2.06 bits per heavy atom. The van der Waals surface area contributed by atoms with E-state index in [9.17, 15) is 4.79 Å². The minimum absolute atomic E-state index is 0.250. The summed E-state index contributed by atoms with van der Waals surface area (Å²) in [6.07, 6.45) is 9.66. The quantitative estimate of drug-likeness (QED) is 0.536. The predicted molar refractivity (Wildman–Crippen MR) is 69.6 cm³/mol. The molecule has 0 unspecified atom stereocenters. The molecule has 0 amide bonds. The van der Waals surface area contributed by atoms with Gasteiger partial charge in [0.05, 0.1) is 12.2 Å². The third-order valence-corrected chi connectivity index (χ3v) is 3.59. The summed E-state index contributed by atoms with van der Waals surface area (Å²) in [7, 11) is 3.51. The fraction of sp³-hybridized carbons (Fsp3) is 0.786. The fourth-order valence-corrected chi connectivity index (χ4v) is 2.53. The molecule has 0 spiro atoms. The van der Waals surface area contributed by atoms with Crippen molar-refractivity contribution < 1.29 is 19.4 Å². The molecule has 1 rings (SSSR count). The van der Waals surface area contributed by atoms with Crippen LogP contribution in [0.5, 0.6) is 0 Å². The second-order valence-electron chi connectivity index (χ2n) is 4.86. The lowest BCUT2D eigenvalue weighted by Gasteiger charge is -2.15. The third-order valence-electron chi connectivity index (χ3n) is 3.59. The van der Waals surface area contributed by atoms with Crippen LogP contribution in [0, 0.1) is 5.92 Å². The molecule has 0 radical (unpaired) electrons. The van der Waals surface area contributed by atoms with Crippen molar-refractivity contribution in [3.63, 3.8) is 0 Å². The molecule has 1 aliphatic carbocycles. The van der Waals surface area contributed by atoms with E-state index in [1.54, 1.807) is 14.2 Å². The van der Waals surface area contributed by atoms with E-state index in [1.165, 1.54) is 0 Å². The molecule has 0 bridgehead atoms. The number of ether oxygens (including phenoxy) is 2. The standard InChI is InChI=1S/C14H24O4/c1-17-12-9-11(13(10-12)18-2)7-5-3-4-6-8-14(15)16/h3,5,11-13H,4,6-10H2,1-2H3,(H,15,16)/b5-3-/t11-,12+,13+/m1/s1. The highest BCUT2D eigenvalue weighted by molar-refractivity contribution is 5.66. The maximum Gasteiger partial charge on any atom is 0.303 e. The summed E-state index contributed by atoms with van der Waals surface area (Å²) in [5, 5.41) is 8.51. The average Bonchev–Trinajstić information content (AvgIpc) is 2.75. The molecule has 18 heavy (non-hydrogen) atoms. The molecule has 1 saturated carbocycles. The highest BCUT2D eigenvalue weighted by Crippen LogP contribution is 2.32. The number of hydrogen-bond donors (Lipinski definition) is 1. The summed E-state index contributed by atoms with van der Waals surface area (Å²) < 4.78 is 10.8. The van der Waals surface area contributed by atoms with Crippen LogP contribution in [-0.2, 0) is 14.3 Å². The number of aliphatic carboxylic acids is 1. The van der Waals surface area contributed by atoms with E-state index in [0.29, 0.717) is 24.5 Å². The van der Waals surface area contributed by atoms with Crippen molar-refractivity contribution >= 4 is 5.97 Å². The van der Waals surface area contributed by atoms with Gasteiger partial charge >= 0.3 is 5.97 Å². The van der Waals surface area contributed by atoms with E-state index >= 15 is 0 Å². The molecule has 0 aliphatic heterocycles. The number of rotatable bonds is 8. The molecule has 1 fully saturated rings. The van der Waals surface area contributed by atoms with Crippen LogP contribution in [0.15, 0.2) is 12.2 Å². The van der Waals surface area contributed by atoms with Crippen LogP contribution in [0.1, 0.15) is 38.5 Å². The van der Waals surface area contributed by atoms with Crippen molar-refractivity contribution in [3.8, 4) is 0 Å². The van der Waals surface area contributed by atoms with Crippen LogP contribution in [0.25, 0.3) is 0 Å². The second-order valence-corrected chi connectivity index (χ2v) is 4.86. The van der Waals surface area contributed by atoms with Crippen LogP contribution in [-0.4, -0.2) is 37.5 Å². The summed E-state index contributed by atoms with van der Waals surface area (Å²) in [6.45, 7) is 0.